The van der Waals surface area contributed by atoms with Gasteiger partial charge in [-0.15, -0.1) is 0 Å². The minimum absolute atomic E-state index is 0.00788. The lowest BCUT2D eigenvalue weighted by molar-refractivity contribution is -0.141. The van der Waals surface area contributed by atoms with Gasteiger partial charge in [0, 0.05) is 31.1 Å². The quantitative estimate of drug-likeness (QED) is 0.0776. The van der Waals surface area contributed by atoms with Crippen molar-refractivity contribution in [1.29, 1.82) is 0 Å². The van der Waals surface area contributed by atoms with Crippen molar-refractivity contribution in [2.24, 2.45) is 34.3 Å². The van der Waals surface area contributed by atoms with Gasteiger partial charge in [0.2, 0.25) is 17.7 Å². The van der Waals surface area contributed by atoms with Crippen LogP contribution in [0.2, 0.25) is 0 Å². The normalized spacial score (nSPS) is 15.9. The summed E-state index contributed by atoms with van der Waals surface area (Å²) in [5, 5.41) is 18.1. The second-order valence-corrected chi connectivity index (χ2v) is 14.7. The van der Waals surface area contributed by atoms with E-state index in [1.54, 1.807) is 24.9 Å². The molecular weight excluding hydrogens is 582 g/mol. The standard InChI is InChI=1S/C36H65N5O5/c1-14-26(19-18-23(2)3)36(10,11)27(22-38-12)32(43)40-30(35(7,8)9)33(44)41(13)29(24(4)5)21-25(6)31(42)39-20-16-15-17-28(37)34(45)46/h14,18-19,21,23-24,27-30,38H,15-17,20,22,37H2,1-13H3,(H,39,42)(H,40,43)(H,45,46)/b19-18-,25-21+,26-14+/t27?,28?,29-,30-/m1/s1. The van der Waals surface area contributed by atoms with Gasteiger partial charge in [-0.25, -0.2) is 0 Å². The Kier molecular flexibility index (Phi) is 18.4. The fourth-order valence-corrected chi connectivity index (χ4v) is 5.34. The lowest BCUT2D eigenvalue weighted by Gasteiger charge is -2.40. The molecule has 2 unspecified atom stereocenters. The molecule has 0 aliphatic rings. The number of rotatable bonds is 19. The molecule has 0 aromatic carbocycles. The van der Waals surface area contributed by atoms with Crippen LogP contribution < -0.4 is 21.7 Å². The third-order valence-corrected chi connectivity index (χ3v) is 8.51. The van der Waals surface area contributed by atoms with Crippen molar-refractivity contribution < 1.29 is 24.3 Å². The highest BCUT2D eigenvalue weighted by Gasteiger charge is 2.42. The average molecular weight is 648 g/mol. The number of likely N-dealkylation sites (N-methyl/N-ethyl adjacent to an activating group) is 1. The van der Waals surface area contributed by atoms with Gasteiger partial charge in [-0.2, -0.15) is 0 Å². The summed E-state index contributed by atoms with van der Waals surface area (Å²) >= 11 is 0. The largest absolute Gasteiger partial charge is 0.480 e. The molecule has 0 aliphatic heterocycles. The number of hydrogen-bond acceptors (Lipinski definition) is 6. The number of allylic oxidation sites excluding steroid dienone is 4. The third-order valence-electron chi connectivity index (χ3n) is 8.51. The minimum atomic E-state index is -1.03. The lowest BCUT2D eigenvalue weighted by atomic mass is 9.71. The number of unbranched alkanes of at least 4 members (excludes halogenated alkanes) is 1. The van der Waals surface area contributed by atoms with Gasteiger partial charge < -0.3 is 31.7 Å². The van der Waals surface area contributed by atoms with Gasteiger partial charge in [-0.1, -0.05) is 86.6 Å². The van der Waals surface area contributed by atoms with Crippen LogP contribution in [0.3, 0.4) is 0 Å². The molecule has 0 aromatic heterocycles. The van der Waals surface area contributed by atoms with Gasteiger partial charge >= 0.3 is 5.97 Å². The zero-order chi connectivity index (χ0) is 36.0. The highest BCUT2D eigenvalue weighted by atomic mass is 16.4. The third kappa shape index (κ3) is 13.8. The smallest absolute Gasteiger partial charge is 0.320 e. The van der Waals surface area contributed by atoms with Crippen molar-refractivity contribution >= 4 is 23.7 Å². The Balaban J connectivity index is 6.04. The van der Waals surface area contributed by atoms with Crippen LogP contribution in [0.15, 0.2) is 35.5 Å². The highest BCUT2D eigenvalue weighted by molar-refractivity contribution is 5.93. The highest BCUT2D eigenvalue weighted by Crippen LogP contribution is 2.37. The van der Waals surface area contributed by atoms with E-state index in [9.17, 15) is 19.2 Å². The molecule has 0 rings (SSSR count). The summed E-state index contributed by atoms with van der Waals surface area (Å²) in [6.45, 7) is 22.7. The average Bonchev–Trinajstić information content (AvgIpc) is 2.94. The molecule has 10 nitrogen and oxygen atoms in total. The van der Waals surface area contributed by atoms with Crippen LogP contribution in [-0.2, 0) is 19.2 Å². The van der Waals surface area contributed by atoms with Crippen molar-refractivity contribution in [2.75, 3.05) is 27.2 Å². The number of carboxylic acid groups (broad SMARTS) is 1. The van der Waals surface area contributed by atoms with E-state index >= 15 is 0 Å². The molecule has 3 amide bonds. The van der Waals surface area contributed by atoms with Crippen molar-refractivity contribution in [3.63, 3.8) is 0 Å². The Morgan fingerprint density at radius 3 is 2.04 bits per heavy atom. The van der Waals surface area contributed by atoms with E-state index in [1.165, 1.54) is 0 Å². The number of carboxylic acids is 1. The van der Waals surface area contributed by atoms with Crippen LogP contribution in [-0.4, -0.2) is 79.0 Å². The summed E-state index contributed by atoms with van der Waals surface area (Å²) in [7, 11) is 3.54. The number of hydrogen-bond donors (Lipinski definition) is 5. The number of nitrogens with zero attached hydrogens (tertiary/aromatic N) is 1. The molecule has 46 heavy (non-hydrogen) atoms. The number of carbonyl (C=O) groups excluding carboxylic acids is 3. The van der Waals surface area contributed by atoms with Crippen LogP contribution in [0.25, 0.3) is 0 Å². The number of amides is 3. The Hall–Kier alpha value is -2.98. The van der Waals surface area contributed by atoms with Crippen molar-refractivity contribution in [1.82, 2.24) is 20.9 Å². The molecule has 0 aromatic rings. The Bertz CT molecular complexity index is 1100. The topological polar surface area (TPSA) is 154 Å². The Labute approximate surface area is 279 Å². The zero-order valence-corrected chi connectivity index (χ0v) is 30.9. The summed E-state index contributed by atoms with van der Waals surface area (Å²) < 4.78 is 0. The monoisotopic (exact) mass is 647 g/mol. The summed E-state index contributed by atoms with van der Waals surface area (Å²) in [5.41, 5.74) is 5.97. The van der Waals surface area contributed by atoms with E-state index in [2.05, 4.69) is 55.8 Å². The Morgan fingerprint density at radius 2 is 1.59 bits per heavy atom. The molecule has 0 saturated heterocycles. The maximum absolute atomic E-state index is 14.2. The molecule has 0 saturated carbocycles. The molecule has 4 atom stereocenters. The second kappa shape index (κ2) is 19.6. The van der Waals surface area contributed by atoms with Gasteiger partial charge in [0.25, 0.3) is 0 Å². The van der Waals surface area contributed by atoms with Gasteiger partial charge in [-0.3, -0.25) is 19.2 Å². The first-order chi connectivity index (χ1) is 21.1. The lowest BCUT2D eigenvalue weighted by Crippen LogP contribution is -2.58. The van der Waals surface area contributed by atoms with E-state index in [4.69, 9.17) is 10.8 Å². The maximum atomic E-state index is 14.2. The molecule has 0 heterocycles. The zero-order valence-electron chi connectivity index (χ0n) is 30.9. The predicted molar refractivity (Wildman–Crippen MR) is 188 cm³/mol. The van der Waals surface area contributed by atoms with E-state index in [1.807, 2.05) is 54.7 Å². The van der Waals surface area contributed by atoms with Gasteiger partial charge in [-0.05, 0) is 63.0 Å². The SMILES string of the molecule is C/C=C(\C=C/C(C)C)C(C)(C)C(CNC)C(=O)N[C@H](C(=O)N(C)[C@H](/C=C(\C)C(=O)NCCCCC(N)C(=O)O)C(C)C)C(C)(C)C. The molecule has 264 valence electrons. The molecule has 0 bridgehead atoms. The van der Waals surface area contributed by atoms with Gasteiger partial charge in [0.1, 0.15) is 12.1 Å². The summed E-state index contributed by atoms with van der Waals surface area (Å²) in [6.07, 6.45) is 9.59. The van der Waals surface area contributed by atoms with Crippen LogP contribution in [0, 0.1) is 28.6 Å². The first-order valence-electron chi connectivity index (χ1n) is 16.6. The number of nitrogens with one attached hydrogen (secondary N) is 3. The molecule has 10 heteroatoms. The number of nitrogens with two attached hydrogens (primary N) is 1. The fraction of sp³-hybridized carbons (Fsp3) is 0.722. The first-order valence-corrected chi connectivity index (χ1v) is 16.6. The van der Waals surface area contributed by atoms with Gasteiger partial charge in [0.15, 0.2) is 0 Å². The summed E-state index contributed by atoms with van der Waals surface area (Å²) in [4.78, 5) is 53.6. The van der Waals surface area contributed by atoms with Gasteiger partial charge in [0.05, 0.1) is 12.0 Å². The molecule has 0 aliphatic carbocycles. The number of aliphatic carboxylic acids is 1. The fourth-order valence-electron chi connectivity index (χ4n) is 5.34. The van der Waals surface area contributed by atoms with Crippen molar-refractivity contribution in [3.8, 4) is 0 Å². The molecular formula is C36H65N5O5. The second-order valence-electron chi connectivity index (χ2n) is 14.7. The molecule has 6 N–H and O–H groups in total. The first kappa shape index (κ1) is 43.0. The van der Waals surface area contributed by atoms with E-state index < -0.39 is 40.8 Å². The van der Waals surface area contributed by atoms with Crippen LogP contribution in [0.5, 0.6) is 0 Å². The summed E-state index contributed by atoms with van der Waals surface area (Å²) in [5.74, 6) is -1.80. The van der Waals surface area contributed by atoms with Crippen LogP contribution in [0.1, 0.15) is 95.4 Å². The minimum Gasteiger partial charge on any atom is -0.480 e. The van der Waals surface area contributed by atoms with Crippen LogP contribution in [0.4, 0.5) is 0 Å². The maximum Gasteiger partial charge on any atom is 0.320 e. The van der Waals surface area contributed by atoms with Crippen molar-refractivity contribution in [2.45, 2.75) is 114 Å². The molecule has 0 fully saturated rings. The molecule has 0 spiro atoms. The van der Waals surface area contributed by atoms with E-state index in [0.29, 0.717) is 43.8 Å². The van der Waals surface area contributed by atoms with E-state index in [0.717, 1.165) is 5.57 Å². The van der Waals surface area contributed by atoms with Crippen molar-refractivity contribution in [3.05, 3.63) is 35.5 Å². The Morgan fingerprint density at radius 1 is 1.00 bits per heavy atom. The molecule has 0 radical (unpaired) electrons. The predicted octanol–water partition coefficient (Wildman–Crippen LogP) is 4.67. The summed E-state index contributed by atoms with van der Waals surface area (Å²) in [6, 6.07) is -2.10. The van der Waals surface area contributed by atoms with Crippen LogP contribution >= 0.6 is 0 Å². The number of carbonyl (C=O) groups is 4. The van der Waals surface area contributed by atoms with E-state index in [-0.39, 0.29) is 23.6 Å².